The first-order valence-corrected chi connectivity index (χ1v) is 14.0. The van der Waals surface area contributed by atoms with Gasteiger partial charge in [0, 0.05) is 12.1 Å². The first kappa shape index (κ1) is 23.8. The molecule has 6 aromatic rings. The van der Waals surface area contributed by atoms with Gasteiger partial charge in [0.2, 0.25) is 0 Å². The van der Waals surface area contributed by atoms with Crippen molar-refractivity contribution in [3.8, 4) is 34.5 Å². The molecule has 0 saturated carbocycles. The van der Waals surface area contributed by atoms with Gasteiger partial charge < -0.3 is 24.0 Å². The van der Waals surface area contributed by atoms with Crippen LogP contribution in [0.4, 0.5) is 45.5 Å². The SMILES string of the molecule is ON1c2ccc(N3c4ccccc4Oc4ccccc43)cc2Oc2cc(N3c4ccccc4Oc4ccccc43)ccc21. The van der Waals surface area contributed by atoms with E-state index in [9.17, 15) is 5.21 Å². The lowest BCUT2D eigenvalue weighted by Crippen LogP contribution is -2.19. The average Bonchev–Trinajstić information content (AvgIpc) is 3.05. The van der Waals surface area contributed by atoms with Gasteiger partial charge in [0.15, 0.2) is 34.5 Å². The largest absolute Gasteiger partial charge is 0.453 e. The van der Waals surface area contributed by atoms with Gasteiger partial charge in [-0.3, -0.25) is 5.21 Å². The van der Waals surface area contributed by atoms with Crippen molar-refractivity contribution in [3.05, 3.63) is 133 Å². The molecule has 3 aliphatic rings. The van der Waals surface area contributed by atoms with Gasteiger partial charge in [-0.25, -0.2) is 5.06 Å². The molecule has 1 N–H and O–H groups in total. The molecule has 0 saturated heterocycles. The molecule has 0 aromatic heterocycles. The summed E-state index contributed by atoms with van der Waals surface area (Å²) < 4.78 is 18.9. The number of hydrogen-bond acceptors (Lipinski definition) is 7. The molecule has 0 fully saturated rings. The van der Waals surface area contributed by atoms with Gasteiger partial charge in [-0.15, -0.1) is 0 Å². The molecule has 9 rings (SSSR count). The summed E-state index contributed by atoms with van der Waals surface area (Å²) in [4.78, 5) is 4.29. The first-order chi connectivity index (χ1) is 21.2. The van der Waals surface area contributed by atoms with Crippen LogP contribution in [0.15, 0.2) is 133 Å². The maximum absolute atomic E-state index is 11.3. The van der Waals surface area contributed by atoms with Gasteiger partial charge >= 0.3 is 0 Å². The van der Waals surface area contributed by atoms with E-state index in [0.29, 0.717) is 22.9 Å². The lowest BCUT2D eigenvalue weighted by molar-refractivity contribution is 0.285. The van der Waals surface area contributed by atoms with E-state index in [-0.39, 0.29) is 0 Å². The quantitative estimate of drug-likeness (QED) is 0.225. The van der Waals surface area contributed by atoms with E-state index in [1.165, 1.54) is 5.06 Å². The van der Waals surface area contributed by atoms with Crippen molar-refractivity contribution in [2.45, 2.75) is 0 Å². The molecule has 3 heterocycles. The molecule has 43 heavy (non-hydrogen) atoms. The van der Waals surface area contributed by atoms with Crippen molar-refractivity contribution < 1.29 is 19.4 Å². The van der Waals surface area contributed by atoms with Crippen LogP contribution in [0, 0.1) is 0 Å². The number of para-hydroxylation sites is 8. The third-order valence-electron chi connectivity index (χ3n) is 7.94. The van der Waals surface area contributed by atoms with Gasteiger partial charge in [0.25, 0.3) is 0 Å². The number of ether oxygens (including phenoxy) is 3. The zero-order chi connectivity index (χ0) is 28.5. The number of fused-ring (bicyclic) bond motifs is 6. The summed E-state index contributed by atoms with van der Waals surface area (Å²) in [5.74, 6) is 4.14. The summed E-state index contributed by atoms with van der Waals surface area (Å²) in [6, 6.07) is 43.4. The van der Waals surface area contributed by atoms with E-state index < -0.39 is 0 Å². The molecule has 0 bridgehead atoms. The highest BCUT2D eigenvalue weighted by Gasteiger charge is 2.31. The van der Waals surface area contributed by atoms with E-state index in [2.05, 4.69) is 9.80 Å². The Morgan fingerprint density at radius 2 is 0.674 bits per heavy atom. The number of nitrogens with zero attached hydrogens (tertiary/aromatic N) is 3. The Morgan fingerprint density at radius 1 is 0.349 bits per heavy atom. The van der Waals surface area contributed by atoms with Crippen molar-refractivity contribution in [2.75, 3.05) is 14.9 Å². The fourth-order valence-electron chi connectivity index (χ4n) is 6.01. The van der Waals surface area contributed by atoms with Gasteiger partial charge in [-0.1, -0.05) is 48.5 Å². The van der Waals surface area contributed by atoms with Crippen LogP contribution in [-0.2, 0) is 0 Å². The van der Waals surface area contributed by atoms with Crippen molar-refractivity contribution >= 4 is 45.5 Å². The van der Waals surface area contributed by atoms with Crippen LogP contribution in [-0.4, -0.2) is 5.21 Å². The minimum Gasteiger partial charge on any atom is -0.453 e. The zero-order valence-electron chi connectivity index (χ0n) is 22.7. The van der Waals surface area contributed by atoms with Gasteiger partial charge in [-0.2, -0.15) is 0 Å². The topological polar surface area (TPSA) is 57.6 Å². The van der Waals surface area contributed by atoms with Crippen LogP contribution in [0.25, 0.3) is 0 Å². The Balaban J connectivity index is 1.14. The molecule has 0 radical (unpaired) electrons. The summed E-state index contributed by atoms with van der Waals surface area (Å²) in [5, 5.41) is 12.5. The third-order valence-corrected chi connectivity index (χ3v) is 7.94. The number of hydrogen-bond donors (Lipinski definition) is 1. The lowest BCUT2D eigenvalue weighted by atomic mass is 10.1. The van der Waals surface area contributed by atoms with E-state index in [1.807, 2.05) is 133 Å². The van der Waals surface area contributed by atoms with Crippen LogP contribution >= 0.6 is 0 Å². The van der Waals surface area contributed by atoms with Crippen molar-refractivity contribution in [3.63, 3.8) is 0 Å². The molecule has 6 aromatic carbocycles. The van der Waals surface area contributed by atoms with Crippen molar-refractivity contribution in [1.82, 2.24) is 0 Å². The maximum Gasteiger partial charge on any atom is 0.155 e. The Morgan fingerprint density at radius 3 is 1.05 bits per heavy atom. The van der Waals surface area contributed by atoms with E-state index >= 15 is 0 Å². The van der Waals surface area contributed by atoms with Gasteiger partial charge in [0.05, 0.1) is 34.1 Å². The molecule has 0 unspecified atom stereocenters. The van der Waals surface area contributed by atoms with Crippen LogP contribution in [0.5, 0.6) is 34.5 Å². The summed E-state index contributed by atoms with van der Waals surface area (Å²) in [5.41, 5.74) is 6.56. The second kappa shape index (κ2) is 9.04. The summed E-state index contributed by atoms with van der Waals surface area (Å²) >= 11 is 0. The van der Waals surface area contributed by atoms with Gasteiger partial charge in [0.1, 0.15) is 11.4 Å². The summed E-state index contributed by atoms with van der Waals surface area (Å²) in [7, 11) is 0. The van der Waals surface area contributed by atoms with Gasteiger partial charge in [-0.05, 0) is 72.8 Å². The molecule has 0 atom stereocenters. The predicted octanol–water partition coefficient (Wildman–Crippen LogP) is 10.5. The number of rotatable bonds is 2. The van der Waals surface area contributed by atoms with E-state index in [1.54, 1.807) is 0 Å². The Labute approximate surface area is 247 Å². The van der Waals surface area contributed by atoms with E-state index in [0.717, 1.165) is 57.1 Å². The highest BCUT2D eigenvalue weighted by Crippen LogP contribution is 2.55. The second-order valence-electron chi connectivity index (χ2n) is 10.5. The van der Waals surface area contributed by atoms with Crippen LogP contribution in [0.1, 0.15) is 0 Å². The highest BCUT2D eigenvalue weighted by molar-refractivity contribution is 5.90. The number of anilines is 8. The van der Waals surface area contributed by atoms with Crippen LogP contribution < -0.4 is 29.1 Å². The Kier molecular flexibility index (Phi) is 4.99. The molecule has 0 amide bonds. The number of benzene rings is 6. The molecule has 206 valence electrons. The molecule has 7 heteroatoms. The zero-order valence-corrected chi connectivity index (χ0v) is 22.7. The van der Waals surface area contributed by atoms with Crippen molar-refractivity contribution in [2.24, 2.45) is 0 Å². The summed E-state index contributed by atoms with van der Waals surface area (Å²) in [6.07, 6.45) is 0. The molecule has 0 spiro atoms. The highest BCUT2D eigenvalue weighted by atomic mass is 16.5. The average molecular weight is 562 g/mol. The maximum atomic E-state index is 11.3. The predicted molar refractivity (Wildman–Crippen MR) is 166 cm³/mol. The first-order valence-electron chi connectivity index (χ1n) is 14.0. The van der Waals surface area contributed by atoms with E-state index in [4.69, 9.17) is 14.2 Å². The molecule has 3 aliphatic heterocycles. The second-order valence-corrected chi connectivity index (χ2v) is 10.5. The monoisotopic (exact) mass is 561 g/mol. The third kappa shape index (κ3) is 3.59. The fourth-order valence-corrected chi connectivity index (χ4v) is 6.01. The molecule has 0 aliphatic carbocycles. The Bertz CT molecular complexity index is 1840. The standard InChI is InChI=1S/C36H23N3O4/c40-39-29-19-17-23(37-25-9-1-5-13-31(25)41-32-14-6-2-10-26(32)37)21-35(29)43-36-22-24(18-20-30(36)39)38-27-11-3-7-15-33(27)42-34-16-8-4-12-28(34)38/h1-22,40H. The Hall–Kier alpha value is -5.92. The lowest BCUT2D eigenvalue weighted by Gasteiger charge is -2.35. The van der Waals surface area contributed by atoms with Crippen LogP contribution in [0.2, 0.25) is 0 Å². The van der Waals surface area contributed by atoms with Crippen molar-refractivity contribution in [1.29, 1.82) is 0 Å². The fraction of sp³-hybridized carbons (Fsp3) is 0. The minimum absolute atomic E-state index is 0.536. The smallest absolute Gasteiger partial charge is 0.155 e. The molecule has 7 nitrogen and oxygen atoms in total. The molecular weight excluding hydrogens is 538 g/mol. The molecular formula is C36H23N3O4. The normalized spacial score (nSPS) is 13.7. The van der Waals surface area contributed by atoms with Crippen LogP contribution in [0.3, 0.4) is 0 Å². The summed E-state index contributed by atoms with van der Waals surface area (Å²) in [6.45, 7) is 0. The minimum atomic E-state index is 0.536.